The van der Waals surface area contributed by atoms with Gasteiger partial charge in [0.1, 0.15) is 12.2 Å². The largest absolute Gasteiger partial charge is 0.472 e. The molecule has 10 heteroatoms. The van der Waals surface area contributed by atoms with E-state index >= 15 is 0 Å². The minimum atomic E-state index is -1.48. The molecule has 4 aliphatic rings. The van der Waals surface area contributed by atoms with Crippen molar-refractivity contribution in [2.75, 3.05) is 7.11 Å². The molecule has 0 amide bonds. The summed E-state index contributed by atoms with van der Waals surface area (Å²) >= 11 is 0. The summed E-state index contributed by atoms with van der Waals surface area (Å²) < 4.78 is 22.9. The van der Waals surface area contributed by atoms with E-state index in [-0.39, 0.29) is 18.8 Å². The molecule has 44 heavy (non-hydrogen) atoms. The van der Waals surface area contributed by atoms with Crippen molar-refractivity contribution in [3.63, 3.8) is 0 Å². The van der Waals surface area contributed by atoms with Gasteiger partial charge in [-0.1, -0.05) is 46.3 Å². The van der Waals surface area contributed by atoms with Gasteiger partial charge in [0.15, 0.2) is 0 Å². The summed E-state index contributed by atoms with van der Waals surface area (Å²) in [6, 6.07) is 1.87. The van der Waals surface area contributed by atoms with E-state index in [2.05, 4.69) is 6.08 Å². The number of hydrogen-bond acceptors (Lipinski definition) is 10. The molecule has 1 heterocycles. The zero-order chi connectivity index (χ0) is 32.6. The molecule has 10 nitrogen and oxygen atoms in total. The van der Waals surface area contributed by atoms with Gasteiger partial charge in [-0.3, -0.25) is 14.4 Å². The number of rotatable bonds is 6. The van der Waals surface area contributed by atoms with E-state index in [1.807, 2.05) is 33.8 Å². The lowest BCUT2D eigenvalue weighted by molar-refractivity contribution is -0.291. The van der Waals surface area contributed by atoms with E-state index in [4.69, 9.17) is 18.6 Å². The number of carbonyl (C=O) groups excluding carboxylic acids is 3. The summed E-state index contributed by atoms with van der Waals surface area (Å²) in [6.07, 6.45) is 0.888. The maximum absolute atomic E-state index is 13.5. The lowest BCUT2D eigenvalue weighted by atomic mass is 9.35. The van der Waals surface area contributed by atoms with E-state index in [1.165, 1.54) is 14.0 Å². The maximum atomic E-state index is 13.5. The summed E-state index contributed by atoms with van der Waals surface area (Å²) in [5.41, 5.74) is -2.88. The van der Waals surface area contributed by atoms with Gasteiger partial charge in [0.25, 0.3) is 0 Å². The fraction of sp³-hybridized carbons (Fsp3) is 0.735. The van der Waals surface area contributed by atoms with Crippen molar-refractivity contribution in [2.45, 2.75) is 111 Å². The summed E-state index contributed by atoms with van der Waals surface area (Å²) in [5.74, 6) is -3.88. The molecule has 3 N–H and O–H groups in total. The van der Waals surface area contributed by atoms with E-state index in [0.717, 1.165) is 11.1 Å². The lowest BCUT2D eigenvalue weighted by Gasteiger charge is -2.70. The smallest absolute Gasteiger partial charge is 0.314 e. The third kappa shape index (κ3) is 4.19. The quantitative estimate of drug-likeness (QED) is 0.244. The SMILES string of the molecule is CCC(C)C(=O)OC1C(O)C2C(C)(C3=CCC(c4ccoc4)C31C)C(O)CC1C(C)(C(=O)OC)C(O)CC(OC(C)=O)C12C. The van der Waals surface area contributed by atoms with Gasteiger partial charge in [-0.05, 0) is 43.7 Å². The molecule has 1 aromatic rings. The number of furan rings is 1. The van der Waals surface area contributed by atoms with Crippen LogP contribution in [-0.4, -0.2) is 70.9 Å². The van der Waals surface area contributed by atoms with Crippen molar-refractivity contribution >= 4 is 17.9 Å². The predicted molar refractivity (Wildman–Crippen MR) is 158 cm³/mol. The van der Waals surface area contributed by atoms with Gasteiger partial charge >= 0.3 is 17.9 Å². The number of allylic oxidation sites excluding steroid dienone is 1. The highest BCUT2D eigenvalue weighted by molar-refractivity contribution is 5.78. The monoisotopic (exact) mass is 616 g/mol. The molecule has 0 bridgehead atoms. The van der Waals surface area contributed by atoms with Crippen LogP contribution < -0.4 is 0 Å². The van der Waals surface area contributed by atoms with Crippen molar-refractivity contribution in [1.29, 1.82) is 0 Å². The normalized spacial score (nSPS) is 45.2. The Bertz CT molecular complexity index is 1320. The molecule has 244 valence electrons. The van der Waals surface area contributed by atoms with Crippen molar-refractivity contribution < 1.29 is 48.3 Å². The second kappa shape index (κ2) is 11.0. The summed E-state index contributed by atoms with van der Waals surface area (Å²) in [5, 5.41) is 36.4. The first-order valence-corrected chi connectivity index (χ1v) is 15.8. The van der Waals surface area contributed by atoms with Gasteiger partial charge < -0.3 is 33.9 Å². The van der Waals surface area contributed by atoms with Crippen LogP contribution in [0.1, 0.15) is 85.6 Å². The third-order valence-corrected chi connectivity index (χ3v) is 12.6. The highest BCUT2D eigenvalue weighted by Crippen LogP contribution is 2.74. The second-order valence-corrected chi connectivity index (χ2v) is 14.5. The molecule has 3 fully saturated rings. The molecule has 0 spiro atoms. The third-order valence-electron chi connectivity index (χ3n) is 12.6. The first-order valence-electron chi connectivity index (χ1n) is 15.8. The van der Waals surface area contributed by atoms with Crippen LogP contribution in [0.3, 0.4) is 0 Å². The van der Waals surface area contributed by atoms with Gasteiger partial charge in [-0.25, -0.2) is 0 Å². The molecule has 4 aliphatic carbocycles. The standard InChI is InChI=1S/C34H48O10/c1-9-17(2)29(39)44-28-26(38)27-32(5,21-11-10-20(31(21,28)4)19-12-13-42-16-19)23(36)14-22-33(6,30(40)41-8)24(37)15-25(34(22,27)7)43-18(3)35/h11-13,16-17,20,22-28,36-38H,9-10,14-15H2,1-8H3. The molecular weight excluding hydrogens is 568 g/mol. The number of carbonyl (C=O) groups is 3. The molecular formula is C34H48O10. The zero-order valence-electron chi connectivity index (χ0n) is 27.0. The van der Waals surface area contributed by atoms with Gasteiger partial charge in [0, 0.05) is 41.4 Å². The molecule has 13 unspecified atom stereocenters. The number of methoxy groups -OCH3 is 1. The molecule has 0 aromatic carbocycles. The number of esters is 3. The Balaban J connectivity index is 1.75. The molecule has 0 saturated heterocycles. The van der Waals surface area contributed by atoms with E-state index in [1.54, 1.807) is 26.4 Å². The Morgan fingerprint density at radius 3 is 2.30 bits per heavy atom. The Morgan fingerprint density at radius 2 is 1.73 bits per heavy atom. The van der Waals surface area contributed by atoms with Crippen LogP contribution >= 0.6 is 0 Å². The number of hydrogen-bond donors (Lipinski definition) is 3. The average Bonchev–Trinajstić information content (AvgIpc) is 3.62. The fourth-order valence-electron chi connectivity index (χ4n) is 10.1. The minimum Gasteiger partial charge on any atom is -0.472 e. The summed E-state index contributed by atoms with van der Waals surface area (Å²) in [7, 11) is 1.25. The van der Waals surface area contributed by atoms with Crippen molar-refractivity contribution in [3.8, 4) is 0 Å². The Kier molecular flexibility index (Phi) is 8.16. The second-order valence-electron chi connectivity index (χ2n) is 14.5. The molecule has 5 rings (SSSR count). The Hall–Kier alpha value is -2.69. The van der Waals surface area contributed by atoms with Gasteiger partial charge in [-0.15, -0.1) is 0 Å². The average molecular weight is 617 g/mol. The Labute approximate surface area is 259 Å². The highest BCUT2D eigenvalue weighted by atomic mass is 16.6. The molecule has 0 radical (unpaired) electrons. The topological polar surface area (TPSA) is 153 Å². The van der Waals surface area contributed by atoms with Crippen LogP contribution in [0.5, 0.6) is 0 Å². The summed E-state index contributed by atoms with van der Waals surface area (Å²) in [4.78, 5) is 39.4. The van der Waals surface area contributed by atoms with Crippen LogP contribution in [0.2, 0.25) is 0 Å². The van der Waals surface area contributed by atoms with Crippen LogP contribution in [0.4, 0.5) is 0 Å². The zero-order valence-corrected chi connectivity index (χ0v) is 27.0. The first-order chi connectivity index (χ1) is 20.5. The lowest BCUT2D eigenvalue weighted by Crippen LogP contribution is -2.76. The number of ether oxygens (including phenoxy) is 3. The van der Waals surface area contributed by atoms with E-state index < -0.39 is 87.8 Å². The van der Waals surface area contributed by atoms with Crippen LogP contribution in [0, 0.1) is 39.4 Å². The van der Waals surface area contributed by atoms with Gasteiger partial charge in [-0.2, -0.15) is 0 Å². The van der Waals surface area contributed by atoms with Crippen molar-refractivity contribution in [1.82, 2.24) is 0 Å². The van der Waals surface area contributed by atoms with E-state index in [9.17, 15) is 29.7 Å². The predicted octanol–water partition coefficient (Wildman–Crippen LogP) is 3.92. The van der Waals surface area contributed by atoms with Crippen LogP contribution in [0.15, 0.2) is 34.7 Å². The highest BCUT2D eigenvalue weighted by Gasteiger charge is 2.77. The minimum absolute atomic E-state index is 0.0706. The van der Waals surface area contributed by atoms with Gasteiger partial charge in [0.2, 0.25) is 0 Å². The van der Waals surface area contributed by atoms with Crippen LogP contribution in [0.25, 0.3) is 0 Å². The number of fused-ring (bicyclic) bond motifs is 5. The van der Waals surface area contributed by atoms with Crippen molar-refractivity contribution in [2.24, 2.45) is 39.4 Å². The molecule has 1 aromatic heterocycles. The maximum Gasteiger partial charge on any atom is 0.314 e. The molecule has 0 aliphatic heterocycles. The number of aliphatic hydroxyl groups is 3. The van der Waals surface area contributed by atoms with Crippen molar-refractivity contribution in [3.05, 3.63) is 35.8 Å². The Morgan fingerprint density at radius 1 is 1.05 bits per heavy atom. The summed E-state index contributed by atoms with van der Waals surface area (Å²) in [6.45, 7) is 12.4. The molecule has 3 saturated carbocycles. The van der Waals surface area contributed by atoms with Crippen LogP contribution in [-0.2, 0) is 28.6 Å². The fourth-order valence-corrected chi connectivity index (χ4v) is 10.1. The van der Waals surface area contributed by atoms with E-state index in [0.29, 0.717) is 12.8 Å². The first kappa shape index (κ1) is 32.7. The van der Waals surface area contributed by atoms with Gasteiger partial charge in [0.05, 0.1) is 49.3 Å². The number of aliphatic hydroxyl groups excluding tert-OH is 3. The molecule has 13 atom stereocenters.